The van der Waals surface area contributed by atoms with E-state index in [1.807, 2.05) is 6.08 Å². The summed E-state index contributed by atoms with van der Waals surface area (Å²) in [6, 6.07) is 0.427. The first kappa shape index (κ1) is 14.6. The fourth-order valence-corrected chi connectivity index (χ4v) is 2.83. The number of piperazine rings is 1. The molecule has 0 aromatic carbocycles. The smallest absolute Gasteiger partial charge is 0.211 e. The lowest BCUT2D eigenvalue weighted by atomic mass is 10.2. The lowest BCUT2D eigenvalue weighted by Crippen LogP contribution is -2.53. The van der Waals surface area contributed by atoms with E-state index in [0.717, 1.165) is 26.2 Å². The quantitative estimate of drug-likeness (QED) is 0.528. The molecule has 1 N–H and O–H groups in total. The highest BCUT2D eigenvalue weighted by Crippen LogP contribution is 2.08. The van der Waals surface area contributed by atoms with Gasteiger partial charge < -0.3 is 5.32 Å². The third-order valence-electron chi connectivity index (χ3n) is 3.09. The third-order valence-corrected chi connectivity index (χ3v) is 4.40. The molecule has 1 saturated heterocycles. The molecule has 0 spiro atoms. The van der Waals surface area contributed by atoms with E-state index in [-0.39, 0.29) is 0 Å². The zero-order valence-electron chi connectivity index (χ0n) is 10.7. The van der Waals surface area contributed by atoms with Gasteiger partial charge in [-0.15, -0.1) is 6.58 Å². The Morgan fingerprint density at radius 3 is 2.41 bits per heavy atom. The van der Waals surface area contributed by atoms with Crippen molar-refractivity contribution in [1.82, 2.24) is 14.5 Å². The minimum absolute atomic E-state index is 0.427. The molecule has 0 aliphatic carbocycles. The van der Waals surface area contributed by atoms with Gasteiger partial charge in [0.2, 0.25) is 10.0 Å². The molecule has 6 heteroatoms. The van der Waals surface area contributed by atoms with Crippen molar-refractivity contribution in [1.29, 1.82) is 0 Å². The molecule has 1 rings (SSSR count). The van der Waals surface area contributed by atoms with Crippen molar-refractivity contribution in [3.8, 4) is 0 Å². The predicted molar refractivity (Wildman–Crippen MR) is 70.5 cm³/mol. The van der Waals surface area contributed by atoms with Crippen LogP contribution in [0.5, 0.6) is 0 Å². The molecular formula is C11H23N3O2S. The Labute approximate surface area is 105 Å². The Kier molecular flexibility index (Phi) is 5.58. The topological polar surface area (TPSA) is 52.6 Å². The highest BCUT2D eigenvalue weighted by Gasteiger charge is 2.25. The van der Waals surface area contributed by atoms with Gasteiger partial charge in [-0.2, -0.15) is 4.31 Å². The van der Waals surface area contributed by atoms with Crippen LogP contribution in [0.15, 0.2) is 12.7 Å². The van der Waals surface area contributed by atoms with Crippen LogP contribution in [0, 0.1) is 0 Å². The Morgan fingerprint density at radius 1 is 1.35 bits per heavy atom. The van der Waals surface area contributed by atoms with Crippen LogP contribution in [0.3, 0.4) is 0 Å². The first-order valence-corrected chi connectivity index (χ1v) is 7.80. The van der Waals surface area contributed by atoms with Crippen molar-refractivity contribution in [2.24, 2.45) is 0 Å². The van der Waals surface area contributed by atoms with Crippen LogP contribution in [0.1, 0.15) is 6.92 Å². The summed E-state index contributed by atoms with van der Waals surface area (Å²) in [4.78, 5) is 2.32. The summed E-state index contributed by atoms with van der Waals surface area (Å²) in [5, 5.41) is 3.28. The SMILES string of the molecule is C=CCNCC(C)N1CCN(S(C)(=O)=O)CC1. The van der Waals surface area contributed by atoms with Gasteiger partial charge in [0.05, 0.1) is 6.26 Å². The van der Waals surface area contributed by atoms with Gasteiger partial charge in [-0.3, -0.25) is 4.90 Å². The summed E-state index contributed by atoms with van der Waals surface area (Å²) in [5.41, 5.74) is 0. The number of hydrogen-bond acceptors (Lipinski definition) is 4. The minimum Gasteiger partial charge on any atom is -0.312 e. The van der Waals surface area contributed by atoms with Crippen molar-refractivity contribution in [3.63, 3.8) is 0 Å². The van der Waals surface area contributed by atoms with E-state index in [4.69, 9.17) is 0 Å². The van der Waals surface area contributed by atoms with Crippen molar-refractivity contribution >= 4 is 10.0 Å². The maximum absolute atomic E-state index is 11.4. The second kappa shape index (κ2) is 6.49. The Hall–Kier alpha value is -0.430. The number of nitrogens with zero attached hydrogens (tertiary/aromatic N) is 2. The van der Waals surface area contributed by atoms with Crippen molar-refractivity contribution in [3.05, 3.63) is 12.7 Å². The van der Waals surface area contributed by atoms with Gasteiger partial charge in [0.1, 0.15) is 0 Å². The fourth-order valence-electron chi connectivity index (χ4n) is 2.00. The molecule has 0 saturated carbocycles. The van der Waals surface area contributed by atoms with E-state index in [9.17, 15) is 8.42 Å². The monoisotopic (exact) mass is 261 g/mol. The van der Waals surface area contributed by atoms with Crippen molar-refractivity contribution in [2.75, 3.05) is 45.5 Å². The molecule has 17 heavy (non-hydrogen) atoms. The van der Waals surface area contributed by atoms with E-state index >= 15 is 0 Å². The summed E-state index contributed by atoms with van der Waals surface area (Å²) in [6.45, 7) is 10.4. The number of hydrogen-bond donors (Lipinski definition) is 1. The maximum atomic E-state index is 11.4. The van der Waals surface area contributed by atoms with E-state index in [1.165, 1.54) is 6.26 Å². The zero-order chi connectivity index (χ0) is 12.9. The van der Waals surface area contributed by atoms with Gasteiger partial charge in [0, 0.05) is 45.3 Å². The molecule has 0 amide bonds. The maximum Gasteiger partial charge on any atom is 0.211 e. The largest absolute Gasteiger partial charge is 0.312 e. The Balaban J connectivity index is 2.33. The van der Waals surface area contributed by atoms with E-state index in [2.05, 4.69) is 23.7 Å². The van der Waals surface area contributed by atoms with Crippen molar-refractivity contribution in [2.45, 2.75) is 13.0 Å². The van der Waals surface area contributed by atoms with Crippen LogP contribution >= 0.6 is 0 Å². The van der Waals surface area contributed by atoms with Gasteiger partial charge in [-0.05, 0) is 6.92 Å². The van der Waals surface area contributed by atoms with Crippen LogP contribution < -0.4 is 5.32 Å². The Bertz CT molecular complexity index is 335. The summed E-state index contributed by atoms with van der Waals surface area (Å²) in [5.74, 6) is 0. The predicted octanol–water partition coefficient (Wildman–Crippen LogP) is -0.272. The van der Waals surface area contributed by atoms with Crippen LogP contribution in [0.25, 0.3) is 0 Å². The number of sulfonamides is 1. The molecule has 0 aromatic rings. The summed E-state index contributed by atoms with van der Waals surface area (Å²) < 4.78 is 24.3. The van der Waals surface area contributed by atoms with E-state index in [1.54, 1.807) is 4.31 Å². The molecule has 1 aliphatic heterocycles. The minimum atomic E-state index is -3.02. The van der Waals surface area contributed by atoms with Crippen LogP contribution in [0.4, 0.5) is 0 Å². The second-order valence-electron chi connectivity index (χ2n) is 4.49. The highest BCUT2D eigenvalue weighted by atomic mass is 32.2. The van der Waals surface area contributed by atoms with Gasteiger partial charge in [-0.25, -0.2) is 8.42 Å². The highest BCUT2D eigenvalue weighted by molar-refractivity contribution is 7.88. The average Bonchev–Trinajstić information content (AvgIpc) is 2.28. The third kappa shape index (κ3) is 4.75. The summed E-state index contributed by atoms with van der Waals surface area (Å²) in [7, 11) is -3.02. The standard InChI is InChI=1S/C11H23N3O2S/c1-4-5-12-10-11(2)13-6-8-14(9-7-13)17(3,15)16/h4,11-12H,1,5-10H2,2-3H3. The van der Waals surface area contributed by atoms with Crippen LogP contribution in [-0.2, 0) is 10.0 Å². The first-order chi connectivity index (χ1) is 7.95. The fraction of sp³-hybridized carbons (Fsp3) is 0.818. The molecule has 1 fully saturated rings. The number of nitrogens with one attached hydrogen (secondary N) is 1. The second-order valence-corrected chi connectivity index (χ2v) is 6.48. The molecule has 0 radical (unpaired) electrons. The molecule has 1 atom stereocenters. The van der Waals surface area contributed by atoms with E-state index < -0.39 is 10.0 Å². The van der Waals surface area contributed by atoms with Gasteiger partial charge >= 0.3 is 0 Å². The summed E-state index contributed by atoms with van der Waals surface area (Å²) >= 11 is 0. The lowest BCUT2D eigenvalue weighted by molar-refractivity contribution is 0.144. The molecule has 1 aliphatic rings. The van der Waals surface area contributed by atoms with Gasteiger partial charge in [0.25, 0.3) is 0 Å². The average molecular weight is 261 g/mol. The molecule has 100 valence electrons. The molecule has 1 heterocycles. The van der Waals surface area contributed by atoms with E-state index in [0.29, 0.717) is 19.1 Å². The molecule has 0 aromatic heterocycles. The summed E-state index contributed by atoms with van der Waals surface area (Å²) in [6.07, 6.45) is 3.12. The lowest BCUT2D eigenvalue weighted by Gasteiger charge is -2.37. The molecule has 5 nitrogen and oxygen atoms in total. The van der Waals surface area contributed by atoms with Gasteiger partial charge in [-0.1, -0.05) is 6.08 Å². The molecule has 1 unspecified atom stereocenters. The number of rotatable bonds is 6. The van der Waals surface area contributed by atoms with Crippen LogP contribution in [-0.4, -0.2) is 69.2 Å². The first-order valence-electron chi connectivity index (χ1n) is 5.96. The zero-order valence-corrected chi connectivity index (χ0v) is 11.5. The molecular weight excluding hydrogens is 238 g/mol. The van der Waals surface area contributed by atoms with Crippen molar-refractivity contribution < 1.29 is 8.42 Å². The Morgan fingerprint density at radius 2 is 1.94 bits per heavy atom. The van der Waals surface area contributed by atoms with Gasteiger partial charge in [0.15, 0.2) is 0 Å². The van der Waals surface area contributed by atoms with Crippen LogP contribution in [0.2, 0.25) is 0 Å². The normalized spacial score (nSPS) is 21.3. The molecule has 0 bridgehead atoms.